The topological polar surface area (TPSA) is 257 Å². The Morgan fingerprint density at radius 1 is 0.812 bits per heavy atom. The van der Waals surface area contributed by atoms with Crippen LogP contribution in [0.25, 0.3) is 0 Å². The summed E-state index contributed by atoms with van der Waals surface area (Å²) >= 11 is 0. The van der Waals surface area contributed by atoms with Gasteiger partial charge in [-0.05, 0) is 32.2 Å². The predicted molar refractivity (Wildman–Crippen MR) is 111 cm³/mol. The van der Waals surface area contributed by atoms with Gasteiger partial charge in [0.05, 0.1) is 12.6 Å². The van der Waals surface area contributed by atoms with Gasteiger partial charge >= 0.3 is 11.9 Å². The van der Waals surface area contributed by atoms with Crippen LogP contribution in [0.3, 0.4) is 0 Å². The van der Waals surface area contributed by atoms with Gasteiger partial charge in [0, 0.05) is 12.8 Å². The summed E-state index contributed by atoms with van der Waals surface area (Å²) in [7, 11) is 0. The molecule has 0 fully saturated rings. The maximum absolute atomic E-state index is 12.4. The van der Waals surface area contributed by atoms with Crippen molar-refractivity contribution in [3.8, 4) is 0 Å². The van der Waals surface area contributed by atoms with Gasteiger partial charge in [0.15, 0.2) is 0 Å². The van der Waals surface area contributed by atoms with Crippen LogP contribution in [0.4, 0.5) is 0 Å². The van der Waals surface area contributed by atoms with Crippen molar-refractivity contribution in [3.05, 3.63) is 0 Å². The third-order valence-electron chi connectivity index (χ3n) is 4.32. The van der Waals surface area contributed by atoms with Gasteiger partial charge in [-0.2, -0.15) is 0 Å². The summed E-state index contributed by atoms with van der Waals surface area (Å²) in [6.45, 7) is -0.0459. The van der Waals surface area contributed by atoms with E-state index in [1.54, 1.807) is 0 Å². The number of nitrogens with one attached hydrogen (secondary N) is 3. The minimum Gasteiger partial charge on any atom is -0.481 e. The number of hydrogen-bond acceptors (Lipinski definition) is 8. The Morgan fingerprint density at radius 3 is 1.97 bits per heavy atom. The van der Waals surface area contributed by atoms with Crippen LogP contribution in [0.15, 0.2) is 0 Å². The van der Waals surface area contributed by atoms with Crippen molar-refractivity contribution in [1.29, 1.82) is 0 Å². The van der Waals surface area contributed by atoms with Gasteiger partial charge in [0.25, 0.3) is 0 Å². The van der Waals surface area contributed by atoms with Crippen molar-refractivity contribution in [2.24, 2.45) is 17.2 Å². The van der Waals surface area contributed by atoms with E-state index in [1.807, 2.05) is 0 Å². The minimum absolute atomic E-state index is 0.231. The normalized spacial score (nSPS) is 13.3. The van der Waals surface area contributed by atoms with E-state index in [9.17, 15) is 28.8 Å². The van der Waals surface area contributed by atoms with Crippen LogP contribution in [-0.4, -0.2) is 77.0 Å². The zero-order chi connectivity index (χ0) is 24.7. The van der Waals surface area contributed by atoms with E-state index in [4.69, 9.17) is 27.4 Å². The lowest BCUT2D eigenvalue weighted by Gasteiger charge is -2.21. The summed E-state index contributed by atoms with van der Waals surface area (Å²) in [6, 6.07) is -3.69. The van der Waals surface area contributed by atoms with Crippen molar-refractivity contribution in [2.75, 3.05) is 13.1 Å². The molecule has 0 aliphatic heterocycles. The monoisotopic (exact) mass is 460 g/mol. The molecular formula is C18H32N6O8. The molecule has 0 rings (SSSR count). The fourth-order valence-corrected chi connectivity index (χ4v) is 2.54. The zero-order valence-electron chi connectivity index (χ0n) is 17.7. The molecular weight excluding hydrogens is 428 g/mol. The first-order chi connectivity index (χ1) is 15.0. The van der Waals surface area contributed by atoms with E-state index in [2.05, 4.69) is 16.0 Å². The maximum Gasteiger partial charge on any atom is 0.326 e. The van der Waals surface area contributed by atoms with Gasteiger partial charge in [0.1, 0.15) is 12.1 Å². The number of carboxylic acids is 2. The molecule has 0 aliphatic carbocycles. The second kappa shape index (κ2) is 15.5. The Bertz CT molecular complexity index is 686. The van der Waals surface area contributed by atoms with E-state index in [-0.39, 0.29) is 19.3 Å². The van der Waals surface area contributed by atoms with Gasteiger partial charge in [0.2, 0.25) is 23.6 Å². The quantitative estimate of drug-likeness (QED) is 0.100. The Morgan fingerprint density at radius 2 is 1.44 bits per heavy atom. The summed E-state index contributed by atoms with van der Waals surface area (Å²) in [6.07, 6.45) is 0.300. The Kier molecular flexibility index (Phi) is 13.9. The highest BCUT2D eigenvalue weighted by atomic mass is 16.4. The van der Waals surface area contributed by atoms with Crippen molar-refractivity contribution >= 4 is 35.6 Å². The summed E-state index contributed by atoms with van der Waals surface area (Å²) in [5.74, 6) is -5.77. The van der Waals surface area contributed by atoms with E-state index in [0.29, 0.717) is 25.8 Å². The third kappa shape index (κ3) is 13.1. The number of hydrogen-bond donors (Lipinski definition) is 8. The highest BCUT2D eigenvalue weighted by molar-refractivity contribution is 5.92. The summed E-state index contributed by atoms with van der Waals surface area (Å²) in [5, 5.41) is 24.6. The molecule has 182 valence electrons. The second-order valence-electron chi connectivity index (χ2n) is 7.07. The van der Waals surface area contributed by atoms with Crippen molar-refractivity contribution in [1.82, 2.24) is 16.0 Å². The third-order valence-corrected chi connectivity index (χ3v) is 4.32. The highest BCUT2D eigenvalue weighted by Gasteiger charge is 2.27. The lowest BCUT2D eigenvalue weighted by Crippen LogP contribution is -2.54. The average molecular weight is 460 g/mol. The van der Waals surface area contributed by atoms with Gasteiger partial charge in [-0.25, -0.2) is 4.79 Å². The Labute approximate surface area is 184 Å². The molecule has 0 aromatic heterocycles. The molecule has 0 spiro atoms. The van der Waals surface area contributed by atoms with E-state index in [1.165, 1.54) is 0 Å². The van der Waals surface area contributed by atoms with Crippen molar-refractivity contribution in [3.63, 3.8) is 0 Å². The molecule has 14 nitrogen and oxygen atoms in total. The number of carbonyl (C=O) groups is 6. The smallest absolute Gasteiger partial charge is 0.326 e. The van der Waals surface area contributed by atoms with E-state index < -0.39 is 66.7 Å². The SMILES string of the molecule is NCCCCC(N)C(=O)NCC(=O)NC(CCC(N)=O)C(=O)NC(CCC(=O)O)C(=O)O. The molecule has 11 N–H and O–H groups in total. The average Bonchev–Trinajstić information content (AvgIpc) is 2.71. The van der Waals surface area contributed by atoms with Crippen molar-refractivity contribution in [2.45, 2.75) is 63.1 Å². The summed E-state index contributed by atoms with van der Waals surface area (Å²) in [4.78, 5) is 69.5. The fourth-order valence-electron chi connectivity index (χ4n) is 2.54. The second-order valence-corrected chi connectivity index (χ2v) is 7.07. The number of primary amides is 1. The van der Waals surface area contributed by atoms with Gasteiger partial charge in [-0.1, -0.05) is 6.42 Å². The Hall–Kier alpha value is -3.26. The number of nitrogens with two attached hydrogens (primary N) is 3. The molecule has 0 bridgehead atoms. The van der Waals surface area contributed by atoms with Gasteiger partial charge < -0.3 is 43.4 Å². The first kappa shape index (κ1) is 28.7. The molecule has 3 atom stereocenters. The fraction of sp³-hybridized carbons (Fsp3) is 0.667. The number of unbranched alkanes of at least 4 members (excludes halogenated alkanes) is 1. The zero-order valence-corrected chi connectivity index (χ0v) is 17.7. The summed E-state index contributed by atoms with van der Waals surface area (Å²) < 4.78 is 0. The Balaban J connectivity index is 4.91. The predicted octanol–water partition coefficient (Wildman–Crippen LogP) is -3.26. The van der Waals surface area contributed by atoms with Crippen LogP contribution in [-0.2, 0) is 28.8 Å². The molecule has 4 amide bonds. The molecule has 0 aromatic rings. The van der Waals surface area contributed by atoms with Crippen LogP contribution in [0.2, 0.25) is 0 Å². The summed E-state index contributed by atoms with van der Waals surface area (Å²) in [5.41, 5.74) is 16.1. The van der Waals surface area contributed by atoms with E-state index >= 15 is 0 Å². The molecule has 0 saturated carbocycles. The lowest BCUT2D eigenvalue weighted by molar-refractivity contribution is -0.143. The molecule has 0 aromatic carbocycles. The van der Waals surface area contributed by atoms with Crippen LogP contribution in [0, 0.1) is 0 Å². The molecule has 32 heavy (non-hydrogen) atoms. The van der Waals surface area contributed by atoms with Crippen LogP contribution < -0.4 is 33.2 Å². The van der Waals surface area contributed by atoms with Crippen molar-refractivity contribution < 1.29 is 39.0 Å². The highest BCUT2D eigenvalue weighted by Crippen LogP contribution is 2.03. The van der Waals surface area contributed by atoms with Gasteiger partial charge in [-0.15, -0.1) is 0 Å². The number of amides is 4. The molecule has 0 heterocycles. The largest absolute Gasteiger partial charge is 0.481 e. The first-order valence-electron chi connectivity index (χ1n) is 10.0. The van der Waals surface area contributed by atoms with Gasteiger partial charge in [-0.3, -0.25) is 24.0 Å². The first-order valence-corrected chi connectivity index (χ1v) is 10.0. The molecule has 0 saturated heterocycles. The van der Waals surface area contributed by atoms with Crippen LogP contribution in [0.1, 0.15) is 44.9 Å². The number of aliphatic carboxylic acids is 2. The molecule has 3 unspecified atom stereocenters. The maximum atomic E-state index is 12.4. The molecule has 14 heteroatoms. The number of rotatable bonds is 17. The number of carboxylic acid groups (broad SMARTS) is 2. The van der Waals surface area contributed by atoms with Crippen LogP contribution in [0.5, 0.6) is 0 Å². The lowest BCUT2D eigenvalue weighted by atomic mass is 10.1. The van der Waals surface area contributed by atoms with E-state index in [0.717, 1.165) is 0 Å². The van der Waals surface area contributed by atoms with Crippen LogP contribution >= 0.6 is 0 Å². The molecule has 0 aliphatic rings. The minimum atomic E-state index is -1.52. The molecule has 0 radical (unpaired) electrons. The standard InChI is InChI=1S/C18H32N6O8/c19-8-2-1-3-10(20)16(29)22-9-14(26)23-11(4-6-13(21)25)17(30)24-12(18(31)32)5-7-15(27)28/h10-12H,1-9,19-20H2,(H2,21,25)(H,22,29)(H,23,26)(H,24,30)(H,27,28)(H,31,32). The number of carbonyl (C=O) groups excluding carboxylic acids is 4.